The van der Waals surface area contributed by atoms with Crippen molar-refractivity contribution in [2.24, 2.45) is 0 Å². The molecule has 2 aromatic rings. The van der Waals surface area contributed by atoms with Crippen molar-refractivity contribution in [2.45, 2.75) is 6.92 Å². The summed E-state index contributed by atoms with van der Waals surface area (Å²) in [5.74, 6) is -0.0243. The number of aryl methyl sites for hydroxylation is 1. The summed E-state index contributed by atoms with van der Waals surface area (Å²) in [5.41, 5.74) is 7.14. The topological polar surface area (TPSA) is 68.0 Å². The number of hydrogen-bond donors (Lipinski definition) is 2. The number of nitrogens with zero attached hydrogens (tertiary/aromatic N) is 1. The lowest BCUT2D eigenvalue weighted by Gasteiger charge is -2.08. The van der Waals surface area contributed by atoms with E-state index in [0.717, 1.165) is 0 Å². The van der Waals surface area contributed by atoms with Gasteiger partial charge in [0.2, 0.25) is 0 Å². The molecule has 0 unspecified atom stereocenters. The lowest BCUT2D eigenvalue weighted by Crippen LogP contribution is -2.13. The highest BCUT2D eigenvalue weighted by Gasteiger charge is 2.10. The highest BCUT2D eigenvalue weighted by molar-refractivity contribution is 6.35. The van der Waals surface area contributed by atoms with E-state index in [4.69, 9.17) is 28.9 Å². The maximum Gasteiger partial charge on any atom is 0.255 e. The number of nitrogen functional groups attached to an aromatic ring is 1. The van der Waals surface area contributed by atoms with Gasteiger partial charge in [0, 0.05) is 16.3 Å². The van der Waals surface area contributed by atoms with Gasteiger partial charge in [0.05, 0.1) is 10.7 Å². The number of nitrogens with two attached hydrogens (primary N) is 1. The Balaban J connectivity index is 2.28. The van der Waals surface area contributed by atoms with Crippen LogP contribution in [0, 0.1) is 6.92 Å². The van der Waals surface area contributed by atoms with E-state index in [0.29, 0.717) is 32.8 Å². The average Bonchev–Trinajstić information content (AvgIpc) is 2.32. The number of pyridine rings is 1. The predicted octanol–water partition coefficient (Wildman–Crippen LogP) is 3.53. The second-order valence-corrected chi connectivity index (χ2v) is 4.84. The number of halogens is 2. The molecular formula is C13H11Cl2N3O. The fourth-order valence-electron chi connectivity index (χ4n) is 1.61. The molecular weight excluding hydrogens is 285 g/mol. The van der Waals surface area contributed by atoms with Crippen LogP contribution in [0.1, 0.15) is 16.1 Å². The number of carbonyl (C=O) groups is 1. The van der Waals surface area contributed by atoms with Crippen LogP contribution in [-0.4, -0.2) is 10.9 Å². The number of nitrogens with one attached hydrogen (secondary N) is 1. The minimum Gasteiger partial charge on any atom is -0.384 e. The Morgan fingerprint density at radius 3 is 2.68 bits per heavy atom. The Bertz CT molecular complexity index is 624. The van der Waals surface area contributed by atoms with E-state index < -0.39 is 0 Å². The van der Waals surface area contributed by atoms with E-state index in [9.17, 15) is 4.79 Å². The smallest absolute Gasteiger partial charge is 0.255 e. The van der Waals surface area contributed by atoms with Crippen LogP contribution in [0.5, 0.6) is 0 Å². The van der Waals surface area contributed by atoms with Gasteiger partial charge in [-0.15, -0.1) is 0 Å². The lowest BCUT2D eigenvalue weighted by molar-refractivity contribution is 0.102. The van der Waals surface area contributed by atoms with Crippen molar-refractivity contribution in [3.05, 3.63) is 51.6 Å². The molecule has 0 radical (unpaired) electrons. The van der Waals surface area contributed by atoms with Gasteiger partial charge in [-0.2, -0.15) is 0 Å². The van der Waals surface area contributed by atoms with Gasteiger partial charge < -0.3 is 11.1 Å². The molecule has 0 saturated heterocycles. The largest absolute Gasteiger partial charge is 0.384 e. The van der Waals surface area contributed by atoms with Crippen LogP contribution in [0.2, 0.25) is 10.0 Å². The molecule has 1 amide bonds. The maximum absolute atomic E-state index is 12.1. The molecule has 19 heavy (non-hydrogen) atoms. The van der Waals surface area contributed by atoms with Crippen LogP contribution in [0.15, 0.2) is 30.3 Å². The SMILES string of the molecule is Cc1cc(C(=O)Nc2cc(Cl)ccc2Cl)cc(N)n1. The molecule has 1 heterocycles. The van der Waals surface area contributed by atoms with Crippen molar-refractivity contribution in [1.82, 2.24) is 4.98 Å². The molecule has 0 saturated carbocycles. The molecule has 1 aromatic heterocycles. The Kier molecular flexibility index (Phi) is 3.93. The molecule has 0 bridgehead atoms. The van der Waals surface area contributed by atoms with E-state index in [1.54, 1.807) is 31.2 Å². The monoisotopic (exact) mass is 295 g/mol. The Morgan fingerprint density at radius 1 is 1.26 bits per heavy atom. The summed E-state index contributed by atoms with van der Waals surface area (Å²) < 4.78 is 0. The summed E-state index contributed by atoms with van der Waals surface area (Å²) in [5, 5.41) is 3.59. The zero-order valence-corrected chi connectivity index (χ0v) is 11.6. The molecule has 0 aliphatic rings. The van der Waals surface area contributed by atoms with Crippen molar-refractivity contribution in [2.75, 3.05) is 11.1 Å². The van der Waals surface area contributed by atoms with Crippen molar-refractivity contribution in [3.8, 4) is 0 Å². The molecule has 98 valence electrons. The zero-order valence-electron chi connectivity index (χ0n) is 10.1. The third-order valence-corrected chi connectivity index (χ3v) is 2.98. The number of rotatable bonds is 2. The predicted molar refractivity (Wildman–Crippen MR) is 77.8 cm³/mol. The fraction of sp³-hybridized carbons (Fsp3) is 0.0769. The molecule has 3 N–H and O–H groups in total. The number of amides is 1. The van der Waals surface area contributed by atoms with Crippen LogP contribution in [0.25, 0.3) is 0 Å². The fourth-order valence-corrected chi connectivity index (χ4v) is 1.95. The van der Waals surface area contributed by atoms with E-state index >= 15 is 0 Å². The highest BCUT2D eigenvalue weighted by atomic mass is 35.5. The van der Waals surface area contributed by atoms with Gasteiger partial charge >= 0.3 is 0 Å². The second kappa shape index (κ2) is 5.47. The van der Waals surface area contributed by atoms with Crippen LogP contribution in [0.4, 0.5) is 11.5 Å². The van der Waals surface area contributed by atoms with E-state index in [-0.39, 0.29) is 5.91 Å². The summed E-state index contributed by atoms with van der Waals surface area (Å²) in [7, 11) is 0. The first-order valence-corrected chi connectivity index (χ1v) is 6.22. The van der Waals surface area contributed by atoms with Gasteiger partial charge in [0.25, 0.3) is 5.91 Å². The average molecular weight is 296 g/mol. The first kappa shape index (κ1) is 13.6. The van der Waals surface area contributed by atoms with Gasteiger partial charge in [-0.25, -0.2) is 4.98 Å². The number of aromatic nitrogens is 1. The van der Waals surface area contributed by atoms with Crippen LogP contribution in [-0.2, 0) is 0 Å². The van der Waals surface area contributed by atoms with Gasteiger partial charge in [0.1, 0.15) is 5.82 Å². The minimum absolute atomic E-state index is 0.294. The molecule has 0 fully saturated rings. The minimum atomic E-state index is -0.318. The van der Waals surface area contributed by atoms with Crippen LogP contribution in [0.3, 0.4) is 0 Å². The maximum atomic E-state index is 12.1. The molecule has 0 aliphatic carbocycles. The Labute approximate surface area is 120 Å². The third-order valence-electron chi connectivity index (χ3n) is 2.41. The highest BCUT2D eigenvalue weighted by Crippen LogP contribution is 2.26. The molecule has 0 aliphatic heterocycles. The quantitative estimate of drug-likeness (QED) is 0.890. The molecule has 1 aromatic carbocycles. The number of benzene rings is 1. The van der Waals surface area contributed by atoms with Gasteiger partial charge in [-0.05, 0) is 37.3 Å². The van der Waals surface area contributed by atoms with Gasteiger partial charge in [-0.3, -0.25) is 4.79 Å². The number of carbonyl (C=O) groups excluding carboxylic acids is 1. The van der Waals surface area contributed by atoms with E-state index in [1.165, 1.54) is 6.07 Å². The molecule has 4 nitrogen and oxygen atoms in total. The van der Waals surface area contributed by atoms with Gasteiger partial charge in [0.15, 0.2) is 0 Å². The summed E-state index contributed by atoms with van der Waals surface area (Å²) >= 11 is 11.8. The van der Waals surface area contributed by atoms with E-state index in [1.807, 2.05) is 0 Å². The first-order chi connectivity index (χ1) is 8.95. The van der Waals surface area contributed by atoms with Crippen molar-refractivity contribution >= 4 is 40.6 Å². The lowest BCUT2D eigenvalue weighted by atomic mass is 10.2. The molecule has 0 spiro atoms. The second-order valence-electron chi connectivity index (χ2n) is 4.00. The standard InChI is InChI=1S/C13H11Cl2N3O/c1-7-4-8(5-12(16)17-7)13(19)18-11-6-9(14)2-3-10(11)15/h2-6H,1H3,(H2,16,17)(H,18,19). The summed E-state index contributed by atoms with van der Waals surface area (Å²) in [6, 6.07) is 7.99. The van der Waals surface area contributed by atoms with Crippen molar-refractivity contribution in [1.29, 1.82) is 0 Å². The first-order valence-electron chi connectivity index (χ1n) is 5.46. The van der Waals surface area contributed by atoms with Crippen LogP contribution >= 0.6 is 23.2 Å². The molecule has 2 rings (SSSR count). The van der Waals surface area contributed by atoms with E-state index in [2.05, 4.69) is 10.3 Å². The van der Waals surface area contributed by atoms with Crippen molar-refractivity contribution < 1.29 is 4.79 Å². The third kappa shape index (κ3) is 3.36. The Morgan fingerprint density at radius 2 is 2.00 bits per heavy atom. The molecule has 6 heteroatoms. The van der Waals surface area contributed by atoms with Crippen molar-refractivity contribution in [3.63, 3.8) is 0 Å². The summed E-state index contributed by atoms with van der Waals surface area (Å²) in [6.45, 7) is 1.76. The Hall–Kier alpha value is -1.78. The zero-order chi connectivity index (χ0) is 14.0. The summed E-state index contributed by atoms with van der Waals surface area (Å²) in [4.78, 5) is 16.1. The van der Waals surface area contributed by atoms with Gasteiger partial charge in [-0.1, -0.05) is 23.2 Å². The molecule has 0 atom stereocenters. The number of hydrogen-bond acceptors (Lipinski definition) is 3. The number of anilines is 2. The normalized spacial score (nSPS) is 10.3. The summed E-state index contributed by atoms with van der Waals surface area (Å²) in [6.07, 6.45) is 0. The van der Waals surface area contributed by atoms with Crippen LogP contribution < -0.4 is 11.1 Å².